The van der Waals surface area contributed by atoms with E-state index in [1.54, 1.807) is 49.1 Å². The second kappa shape index (κ2) is 8.29. The number of carbonyl (C=O) groups excluding carboxylic acids is 2. The van der Waals surface area contributed by atoms with Crippen LogP contribution in [0.2, 0.25) is 0 Å². The Morgan fingerprint density at radius 1 is 1.03 bits per heavy atom. The number of aryl methyl sites for hydroxylation is 1. The third-order valence-electron chi connectivity index (χ3n) is 5.06. The molecule has 2 aromatic carbocycles. The molecule has 4 rings (SSSR count). The summed E-state index contributed by atoms with van der Waals surface area (Å²) < 4.78 is 1.49. The highest BCUT2D eigenvalue weighted by atomic mass is 16.5. The molecule has 0 saturated carbocycles. The van der Waals surface area contributed by atoms with Gasteiger partial charge in [-0.05, 0) is 29.3 Å². The predicted molar refractivity (Wildman–Crippen MR) is 116 cm³/mol. The number of pyridine rings is 1. The Bertz CT molecular complexity index is 1320. The van der Waals surface area contributed by atoms with Crippen LogP contribution in [0.25, 0.3) is 22.0 Å². The Hall–Kier alpha value is -4.17. The average Bonchev–Trinajstić information content (AvgIpc) is 3.26. The maximum absolute atomic E-state index is 12.7. The molecule has 0 unspecified atom stereocenters. The number of H-pyrrole nitrogens is 1. The normalized spacial score (nSPS) is 10.8. The lowest BCUT2D eigenvalue weighted by Crippen LogP contribution is -2.23. The summed E-state index contributed by atoms with van der Waals surface area (Å²) in [6.45, 7) is 0.235. The van der Waals surface area contributed by atoms with Gasteiger partial charge >= 0.3 is 0 Å². The fraction of sp³-hybridized carbons (Fsp3) is 0.0870. The van der Waals surface area contributed by atoms with Crippen LogP contribution in [0, 0.1) is 0 Å². The summed E-state index contributed by atoms with van der Waals surface area (Å²) in [4.78, 5) is 39.6. The van der Waals surface area contributed by atoms with Gasteiger partial charge in [-0.1, -0.05) is 42.5 Å². The maximum atomic E-state index is 12.7. The molecule has 4 aromatic rings. The van der Waals surface area contributed by atoms with Gasteiger partial charge in [0.15, 0.2) is 0 Å². The third-order valence-corrected chi connectivity index (χ3v) is 5.06. The summed E-state index contributed by atoms with van der Waals surface area (Å²) in [5.74, 6) is -0.959. The lowest BCUT2D eigenvalue weighted by Gasteiger charge is -2.06. The first-order valence-electron chi connectivity index (χ1n) is 9.57. The SMILES string of the molecule is Cn1cc(-c2ccccc2)c2cc(C(=O)NCc3ccc(C(=O)NO)cc3)[nH]c2c1=O. The van der Waals surface area contributed by atoms with Crippen molar-refractivity contribution in [1.29, 1.82) is 0 Å². The number of aromatic nitrogens is 2. The number of hydrogen-bond donors (Lipinski definition) is 4. The van der Waals surface area contributed by atoms with E-state index in [4.69, 9.17) is 5.21 Å². The highest BCUT2D eigenvalue weighted by Gasteiger charge is 2.16. The van der Waals surface area contributed by atoms with Crippen LogP contribution in [0.5, 0.6) is 0 Å². The number of hydrogen-bond acceptors (Lipinski definition) is 4. The van der Waals surface area contributed by atoms with Gasteiger partial charge in [-0.3, -0.25) is 19.6 Å². The zero-order chi connectivity index (χ0) is 22.0. The van der Waals surface area contributed by atoms with Gasteiger partial charge in [0.25, 0.3) is 17.4 Å². The number of fused-ring (bicyclic) bond motifs is 1. The van der Waals surface area contributed by atoms with Crippen molar-refractivity contribution in [3.63, 3.8) is 0 Å². The number of hydroxylamine groups is 1. The first-order chi connectivity index (χ1) is 15.0. The maximum Gasteiger partial charge on any atom is 0.274 e. The van der Waals surface area contributed by atoms with Crippen LogP contribution in [0.15, 0.2) is 71.7 Å². The van der Waals surface area contributed by atoms with Crippen LogP contribution < -0.4 is 16.4 Å². The van der Waals surface area contributed by atoms with Gasteiger partial charge in [-0.2, -0.15) is 0 Å². The van der Waals surface area contributed by atoms with Gasteiger partial charge < -0.3 is 14.9 Å². The molecule has 4 N–H and O–H groups in total. The van der Waals surface area contributed by atoms with E-state index < -0.39 is 5.91 Å². The molecule has 0 aliphatic heterocycles. The fourth-order valence-corrected chi connectivity index (χ4v) is 3.42. The molecule has 0 radical (unpaired) electrons. The number of carbonyl (C=O) groups is 2. The Morgan fingerprint density at radius 2 is 1.74 bits per heavy atom. The minimum absolute atomic E-state index is 0.216. The van der Waals surface area contributed by atoms with Crippen molar-refractivity contribution < 1.29 is 14.8 Å². The van der Waals surface area contributed by atoms with Crippen LogP contribution in [0.4, 0.5) is 0 Å². The highest BCUT2D eigenvalue weighted by Crippen LogP contribution is 2.27. The fourth-order valence-electron chi connectivity index (χ4n) is 3.42. The molecule has 0 atom stereocenters. The number of aromatic amines is 1. The highest BCUT2D eigenvalue weighted by molar-refractivity contribution is 6.02. The van der Waals surface area contributed by atoms with E-state index in [2.05, 4.69) is 10.3 Å². The number of nitrogens with one attached hydrogen (secondary N) is 3. The summed E-state index contributed by atoms with van der Waals surface area (Å²) in [7, 11) is 1.68. The molecule has 8 heteroatoms. The minimum atomic E-state index is -0.607. The van der Waals surface area contributed by atoms with E-state index in [0.717, 1.165) is 16.7 Å². The standard InChI is InChI=1S/C23H20N4O4/c1-27-13-18(15-5-3-2-4-6-15)17-11-19(25-20(17)23(27)30)22(29)24-12-14-7-9-16(10-8-14)21(28)26-31/h2-11,13,25,31H,12H2,1H3,(H,24,29)(H,26,28). The molecule has 8 nitrogen and oxygen atoms in total. The second-order valence-electron chi connectivity index (χ2n) is 7.12. The van der Waals surface area contributed by atoms with Crippen molar-refractivity contribution in [2.75, 3.05) is 0 Å². The smallest absolute Gasteiger partial charge is 0.274 e. The zero-order valence-corrected chi connectivity index (χ0v) is 16.7. The molecule has 0 bridgehead atoms. The summed E-state index contributed by atoms with van der Waals surface area (Å²) in [6, 6.07) is 17.8. The number of nitrogens with zero attached hydrogens (tertiary/aromatic N) is 1. The Kier molecular flexibility index (Phi) is 5.38. The summed E-state index contributed by atoms with van der Waals surface area (Å²) in [6.07, 6.45) is 1.76. The zero-order valence-electron chi connectivity index (χ0n) is 16.7. The van der Waals surface area contributed by atoms with Gasteiger partial charge in [0.05, 0.1) is 0 Å². The van der Waals surface area contributed by atoms with Crippen LogP contribution in [-0.4, -0.2) is 26.6 Å². The molecular formula is C23H20N4O4. The van der Waals surface area contributed by atoms with Crippen molar-refractivity contribution >= 4 is 22.7 Å². The molecule has 0 saturated heterocycles. The molecule has 2 heterocycles. The van der Waals surface area contributed by atoms with Crippen LogP contribution >= 0.6 is 0 Å². The summed E-state index contributed by atoms with van der Waals surface area (Å²) in [5.41, 5.74) is 4.89. The van der Waals surface area contributed by atoms with Crippen molar-refractivity contribution in [1.82, 2.24) is 20.3 Å². The number of amides is 2. The predicted octanol–water partition coefficient (Wildman–Crippen LogP) is 2.58. The third kappa shape index (κ3) is 3.96. The molecule has 0 spiro atoms. The average molecular weight is 416 g/mol. The quantitative estimate of drug-likeness (QED) is 0.296. The largest absolute Gasteiger partial charge is 0.347 e. The first-order valence-corrected chi connectivity index (χ1v) is 9.57. The Balaban J connectivity index is 1.60. The van der Waals surface area contributed by atoms with E-state index in [9.17, 15) is 14.4 Å². The van der Waals surface area contributed by atoms with Gasteiger partial charge in [-0.25, -0.2) is 5.48 Å². The van der Waals surface area contributed by atoms with Crippen molar-refractivity contribution in [3.05, 3.63) is 94.0 Å². The van der Waals surface area contributed by atoms with Gasteiger partial charge in [0.2, 0.25) is 0 Å². The molecule has 156 valence electrons. The van der Waals surface area contributed by atoms with Gasteiger partial charge in [0.1, 0.15) is 11.2 Å². The van der Waals surface area contributed by atoms with Crippen molar-refractivity contribution in [2.24, 2.45) is 7.05 Å². The van der Waals surface area contributed by atoms with Gasteiger partial charge in [-0.15, -0.1) is 0 Å². The Morgan fingerprint density at radius 3 is 2.42 bits per heavy atom. The van der Waals surface area contributed by atoms with Crippen LogP contribution in [0.3, 0.4) is 0 Å². The summed E-state index contributed by atoms with van der Waals surface area (Å²) in [5, 5.41) is 12.1. The van der Waals surface area contributed by atoms with E-state index in [-0.39, 0.29) is 23.7 Å². The molecule has 2 amide bonds. The van der Waals surface area contributed by atoms with Crippen molar-refractivity contribution in [2.45, 2.75) is 6.54 Å². The monoisotopic (exact) mass is 416 g/mol. The number of benzene rings is 2. The Labute approximate surface area is 177 Å². The summed E-state index contributed by atoms with van der Waals surface area (Å²) >= 11 is 0. The van der Waals surface area contributed by atoms with Crippen LogP contribution in [-0.2, 0) is 13.6 Å². The molecular weight excluding hydrogens is 396 g/mol. The topological polar surface area (TPSA) is 116 Å². The van der Waals surface area contributed by atoms with Crippen molar-refractivity contribution in [3.8, 4) is 11.1 Å². The number of rotatable bonds is 5. The van der Waals surface area contributed by atoms with E-state index >= 15 is 0 Å². The second-order valence-corrected chi connectivity index (χ2v) is 7.12. The van der Waals surface area contributed by atoms with Crippen LogP contribution in [0.1, 0.15) is 26.4 Å². The molecule has 31 heavy (non-hydrogen) atoms. The van der Waals surface area contributed by atoms with E-state index in [1.165, 1.54) is 4.57 Å². The lowest BCUT2D eigenvalue weighted by molar-refractivity contribution is 0.0706. The van der Waals surface area contributed by atoms with E-state index in [0.29, 0.717) is 16.5 Å². The van der Waals surface area contributed by atoms with Gasteiger partial charge in [0, 0.05) is 36.3 Å². The first kappa shape index (κ1) is 20.1. The molecule has 0 aliphatic rings. The van der Waals surface area contributed by atoms with E-state index in [1.807, 2.05) is 30.3 Å². The molecule has 0 fully saturated rings. The minimum Gasteiger partial charge on any atom is -0.347 e. The lowest BCUT2D eigenvalue weighted by atomic mass is 10.0. The molecule has 0 aliphatic carbocycles. The molecule has 2 aromatic heterocycles.